The van der Waals surface area contributed by atoms with Crippen molar-refractivity contribution in [3.63, 3.8) is 0 Å². The van der Waals surface area contributed by atoms with Crippen LogP contribution < -0.4 is 5.73 Å². The SMILES string of the molecule is Cc1c(C(N)=O)ccc(F)c1Cl. The van der Waals surface area contributed by atoms with E-state index in [0.29, 0.717) is 5.56 Å². The quantitative estimate of drug-likeness (QED) is 0.717. The van der Waals surface area contributed by atoms with Crippen molar-refractivity contribution in [1.82, 2.24) is 0 Å². The zero-order chi connectivity index (χ0) is 9.30. The molecule has 0 heterocycles. The maximum atomic E-state index is 12.7. The minimum absolute atomic E-state index is 0.0497. The van der Waals surface area contributed by atoms with Gasteiger partial charge in [0.25, 0.3) is 0 Å². The van der Waals surface area contributed by atoms with E-state index < -0.39 is 11.7 Å². The molecule has 1 amide bonds. The molecule has 0 unspecified atom stereocenters. The van der Waals surface area contributed by atoms with Crippen molar-refractivity contribution in [2.75, 3.05) is 0 Å². The molecule has 12 heavy (non-hydrogen) atoms. The highest BCUT2D eigenvalue weighted by atomic mass is 35.5. The number of carbonyl (C=O) groups excluding carboxylic acids is 1. The van der Waals surface area contributed by atoms with Crippen LogP contribution in [0.3, 0.4) is 0 Å². The summed E-state index contributed by atoms with van der Waals surface area (Å²) in [7, 11) is 0. The largest absolute Gasteiger partial charge is 0.366 e. The third kappa shape index (κ3) is 1.41. The molecule has 0 saturated carbocycles. The molecule has 0 fully saturated rings. The highest BCUT2D eigenvalue weighted by Gasteiger charge is 2.10. The van der Waals surface area contributed by atoms with Crippen LogP contribution in [0.1, 0.15) is 15.9 Å². The van der Waals surface area contributed by atoms with E-state index in [-0.39, 0.29) is 10.6 Å². The van der Waals surface area contributed by atoms with Gasteiger partial charge in [0.2, 0.25) is 5.91 Å². The second-order valence-corrected chi connectivity index (χ2v) is 2.78. The number of nitrogens with two attached hydrogens (primary N) is 1. The summed E-state index contributed by atoms with van der Waals surface area (Å²) in [6, 6.07) is 2.44. The predicted octanol–water partition coefficient (Wildman–Crippen LogP) is 1.89. The Morgan fingerprint density at radius 3 is 2.67 bits per heavy atom. The van der Waals surface area contributed by atoms with E-state index in [2.05, 4.69) is 0 Å². The van der Waals surface area contributed by atoms with E-state index in [0.717, 1.165) is 6.07 Å². The monoisotopic (exact) mass is 187 g/mol. The number of hydrogen-bond donors (Lipinski definition) is 1. The predicted molar refractivity (Wildman–Crippen MR) is 44.7 cm³/mol. The van der Waals surface area contributed by atoms with Crippen LogP contribution in [-0.2, 0) is 0 Å². The zero-order valence-electron chi connectivity index (χ0n) is 6.40. The average molecular weight is 188 g/mol. The molecule has 0 saturated heterocycles. The zero-order valence-corrected chi connectivity index (χ0v) is 7.15. The van der Waals surface area contributed by atoms with Crippen molar-refractivity contribution in [2.24, 2.45) is 5.73 Å². The third-order valence-electron chi connectivity index (χ3n) is 1.60. The Morgan fingerprint density at radius 2 is 2.17 bits per heavy atom. The first kappa shape index (κ1) is 9.00. The Kier molecular flexibility index (Phi) is 2.33. The topological polar surface area (TPSA) is 43.1 Å². The molecule has 0 bridgehead atoms. The normalized spacial score (nSPS) is 9.92. The summed E-state index contributed by atoms with van der Waals surface area (Å²) >= 11 is 5.54. The van der Waals surface area contributed by atoms with E-state index >= 15 is 0 Å². The van der Waals surface area contributed by atoms with E-state index in [1.165, 1.54) is 6.07 Å². The maximum Gasteiger partial charge on any atom is 0.249 e. The van der Waals surface area contributed by atoms with E-state index in [1.807, 2.05) is 0 Å². The van der Waals surface area contributed by atoms with Crippen LogP contribution in [0.4, 0.5) is 4.39 Å². The molecule has 4 heteroatoms. The van der Waals surface area contributed by atoms with Crippen LogP contribution in [0.5, 0.6) is 0 Å². The fourth-order valence-electron chi connectivity index (χ4n) is 0.919. The van der Waals surface area contributed by atoms with E-state index in [4.69, 9.17) is 17.3 Å². The van der Waals surface area contributed by atoms with Crippen molar-refractivity contribution < 1.29 is 9.18 Å². The van der Waals surface area contributed by atoms with Gasteiger partial charge in [-0.1, -0.05) is 11.6 Å². The highest BCUT2D eigenvalue weighted by Crippen LogP contribution is 2.22. The van der Waals surface area contributed by atoms with Gasteiger partial charge in [0, 0.05) is 5.56 Å². The molecule has 0 aliphatic rings. The summed E-state index contributed by atoms with van der Waals surface area (Å²) in [6.45, 7) is 1.55. The molecule has 1 aromatic carbocycles. The Bertz CT molecular complexity index is 338. The molecule has 2 N–H and O–H groups in total. The number of halogens is 2. The van der Waals surface area contributed by atoms with Crippen LogP contribution in [0.15, 0.2) is 12.1 Å². The number of benzene rings is 1. The van der Waals surface area contributed by atoms with Crippen molar-refractivity contribution in [2.45, 2.75) is 6.92 Å². The number of rotatable bonds is 1. The lowest BCUT2D eigenvalue weighted by atomic mass is 10.1. The Hall–Kier alpha value is -1.09. The van der Waals surface area contributed by atoms with Crippen LogP contribution >= 0.6 is 11.6 Å². The third-order valence-corrected chi connectivity index (χ3v) is 2.07. The lowest BCUT2D eigenvalue weighted by molar-refractivity contribution is 0.0999. The Balaban J connectivity index is 3.36. The van der Waals surface area contributed by atoms with Gasteiger partial charge in [-0.3, -0.25) is 4.79 Å². The Labute approximate surface area is 74.1 Å². The molecular weight excluding hydrogens is 181 g/mol. The van der Waals surface area contributed by atoms with Gasteiger partial charge in [-0.2, -0.15) is 0 Å². The van der Waals surface area contributed by atoms with Gasteiger partial charge in [-0.25, -0.2) is 4.39 Å². The van der Waals surface area contributed by atoms with Gasteiger partial charge < -0.3 is 5.73 Å². The first-order chi connectivity index (χ1) is 5.54. The van der Waals surface area contributed by atoms with E-state index in [1.54, 1.807) is 6.92 Å². The van der Waals surface area contributed by atoms with Gasteiger partial charge in [0.15, 0.2) is 0 Å². The lowest BCUT2D eigenvalue weighted by Gasteiger charge is -2.03. The second kappa shape index (κ2) is 3.11. The fraction of sp³-hybridized carbons (Fsp3) is 0.125. The number of primary amides is 1. The van der Waals surface area contributed by atoms with Crippen molar-refractivity contribution >= 4 is 17.5 Å². The summed E-state index contributed by atoms with van der Waals surface area (Å²) in [4.78, 5) is 10.7. The molecule has 2 nitrogen and oxygen atoms in total. The first-order valence-corrected chi connectivity index (χ1v) is 3.66. The van der Waals surface area contributed by atoms with Gasteiger partial charge in [0.05, 0.1) is 5.02 Å². The lowest BCUT2D eigenvalue weighted by Crippen LogP contribution is -2.13. The molecule has 0 aliphatic carbocycles. The Morgan fingerprint density at radius 1 is 1.58 bits per heavy atom. The van der Waals surface area contributed by atoms with Crippen molar-refractivity contribution in [3.8, 4) is 0 Å². The molecule has 0 atom stereocenters. The van der Waals surface area contributed by atoms with Crippen molar-refractivity contribution in [1.29, 1.82) is 0 Å². The van der Waals surface area contributed by atoms with E-state index in [9.17, 15) is 9.18 Å². The summed E-state index contributed by atoms with van der Waals surface area (Å²) in [5.74, 6) is -1.14. The standard InChI is InChI=1S/C8H7ClFNO/c1-4-5(8(11)12)2-3-6(10)7(4)9/h2-3H,1H3,(H2,11,12). The van der Waals surface area contributed by atoms with Gasteiger partial charge in [-0.15, -0.1) is 0 Å². The molecule has 1 rings (SSSR count). The molecule has 0 aromatic heterocycles. The molecule has 0 aliphatic heterocycles. The first-order valence-electron chi connectivity index (χ1n) is 3.28. The van der Waals surface area contributed by atoms with Crippen LogP contribution in [-0.4, -0.2) is 5.91 Å². The minimum Gasteiger partial charge on any atom is -0.366 e. The molecular formula is C8H7ClFNO. The summed E-state index contributed by atoms with van der Waals surface area (Å²) in [5.41, 5.74) is 5.64. The molecule has 1 aromatic rings. The molecule has 64 valence electrons. The molecule has 0 spiro atoms. The van der Waals surface area contributed by atoms with Crippen LogP contribution in [0.2, 0.25) is 5.02 Å². The summed E-state index contributed by atoms with van der Waals surface area (Å²) < 4.78 is 12.7. The van der Waals surface area contributed by atoms with Crippen LogP contribution in [0.25, 0.3) is 0 Å². The minimum atomic E-state index is -0.602. The molecule has 0 radical (unpaired) electrons. The summed E-state index contributed by atoms with van der Waals surface area (Å²) in [6.07, 6.45) is 0. The number of hydrogen-bond acceptors (Lipinski definition) is 1. The fourth-order valence-corrected chi connectivity index (χ4v) is 1.08. The highest BCUT2D eigenvalue weighted by molar-refractivity contribution is 6.32. The maximum absolute atomic E-state index is 12.7. The van der Waals surface area contributed by atoms with Gasteiger partial charge >= 0.3 is 0 Å². The van der Waals surface area contributed by atoms with Crippen molar-refractivity contribution in [3.05, 3.63) is 34.1 Å². The van der Waals surface area contributed by atoms with Gasteiger partial charge in [0.1, 0.15) is 5.82 Å². The van der Waals surface area contributed by atoms with Gasteiger partial charge in [-0.05, 0) is 24.6 Å². The summed E-state index contributed by atoms with van der Waals surface area (Å²) in [5, 5.41) is -0.0497. The smallest absolute Gasteiger partial charge is 0.249 e. The number of carbonyl (C=O) groups is 1. The number of amides is 1. The second-order valence-electron chi connectivity index (χ2n) is 2.40. The van der Waals surface area contributed by atoms with Crippen LogP contribution in [0, 0.1) is 12.7 Å². The average Bonchev–Trinajstić information content (AvgIpc) is 2.00.